The van der Waals surface area contributed by atoms with Crippen molar-refractivity contribution in [2.24, 2.45) is 11.7 Å². The Kier molecular flexibility index (Phi) is 3.61. The van der Waals surface area contributed by atoms with Crippen LogP contribution in [-0.2, 0) is 6.42 Å². The lowest BCUT2D eigenvalue weighted by Crippen LogP contribution is -2.41. The molecule has 1 aliphatic heterocycles. The Morgan fingerprint density at radius 1 is 1.40 bits per heavy atom. The van der Waals surface area contributed by atoms with Crippen molar-refractivity contribution in [2.75, 3.05) is 6.61 Å². The molecule has 1 saturated carbocycles. The van der Waals surface area contributed by atoms with Gasteiger partial charge in [-0.1, -0.05) is 18.6 Å². The van der Waals surface area contributed by atoms with Gasteiger partial charge in [-0.25, -0.2) is 0 Å². The van der Waals surface area contributed by atoms with Crippen molar-refractivity contribution >= 4 is 23.1 Å². The molecule has 4 nitrogen and oxygen atoms in total. The largest absolute Gasteiger partial charge is 0.493 e. The zero-order chi connectivity index (χ0) is 14.1. The van der Waals surface area contributed by atoms with Crippen molar-refractivity contribution in [3.8, 4) is 5.75 Å². The van der Waals surface area contributed by atoms with E-state index in [9.17, 15) is 4.79 Å². The predicted molar refractivity (Wildman–Crippen MR) is 81.0 cm³/mol. The van der Waals surface area contributed by atoms with Crippen LogP contribution < -0.4 is 15.8 Å². The third kappa shape index (κ3) is 2.50. The quantitative estimate of drug-likeness (QED) is 0.833. The maximum Gasteiger partial charge on any atom is 0.251 e. The molecule has 1 amide bonds. The molecule has 0 bridgehead atoms. The average Bonchev–Trinajstić information content (AvgIpc) is 3.05. The molecule has 106 valence electrons. The van der Waals surface area contributed by atoms with E-state index in [-0.39, 0.29) is 17.9 Å². The SMILES string of the molecule is NC(=S)C1CCCC1NC(=O)c1ccc2c(c1)CCO2. The number of carbonyl (C=O) groups is 1. The van der Waals surface area contributed by atoms with E-state index >= 15 is 0 Å². The zero-order valence-corrected chi connectivity index (χ0v) is 12.0. The monoisotopic (exact) mass is 290 g/mol. The van der Waals surface area contributed by atoms with Gasteiger partial charge in [-0.2, -0.15) is 0 Å². The minimum Gasteiger partial charge on any atom is -0.493 e. The topological polar surface area (TPSA) is 64.3 Å². The summed E-state index contributed by atoms with van der Waals surface area (Å²) >= 11 is 5.08. The van der Waals surface area contributed by atoms with Gasteiger partial charge in [0.25, 0.3) is 5.91 Å². The van der Waals surface area contributed by atoms with E-state index in [1.165, 1.54) is 0 Å². The van der Waals surface area contributed by atoms with Crippen LogP contribution in [0.3, 0.4) is 0 Å². The van der Waals surface area contributed by atoms with E-state index in [0.29, 0.717) is 17.2 Å². The third-order valence-electron chi connectivity index (χ3n) is 4.15. The highest BCUT2D eigenvalue weighted by atomic mass is 32.1. The van der Waals surface area contributed by atoms with Crippen LogP contribution in [0.2, 0.25) is 0 Å². The van der Waals surface area contributed by atoms with Crippen molar-refractivity contribution in [2.45, 2.75) is 31.7 Å². The first-order chi connectivity index (χ1) is 9.65. The van der Waals surface area contributed by atoms with E-state index in [1.54, 1.807) is 0 Å². The van der Waals surface area contributed by atoms with Crippen LogP contribution in [0.15, 0.2) is 18.2 Å². The molecule has 1 fully saturated rings. The molecule has 3 rings (SSSR count). The smallest absolute Gasteiger partial charge is 0.251 e. The first-order valence-corrected chi connectivity index (χ1v) is 7.42. The van der Waals surface area contributed by atoms with Crippen LogP contribution in [0.1, 0.15) is 35.2 Å². The van der Waals surface area contributed by atoms with Gasteiger partial charge < -0.3 is 15.8 Å². The minimum atomic E-state index is -0.0483. The predicted octanol–water partition coefficient (Wildman–Crippen LogP) is 1.81. The fourth-order valence-corrected chi connectivity index (χ4v) is 3.34. The summed E-state index contributed by atoms with van der Waals surface area (Å²) in [6.07, 6.45) is 3.85. The fourth-order valence-electron chi connectivity index (χ4n) is 3.05. The summed E-state index contributed by atoms with van der Waals surface area (Å²) < 4.78 is 5.45. The highest BCUT2D eigenvalue weighted by Crippen LogP contribution is 2.28. The number of ether oxygens (including phenoxy) is 1. The number of nitrogens with one attached hydrogen (secondary N) is 1. The molecule has 1 aromatic carbocycles. The Labute approximate surface area is 123 Å². The molecule has 2 atom stereocenters. The number of thiocarbonyl (C=S) groups is 1. The van der Waals surface area contributed by atoms with Crippen LogP contribution in [-0.4, -0.2) is 23.5 Å². The van der Waals surface area contributed by atoms with Crippen LogP contribution in [0, 0.1) is 5.92 Å². The zero-order valence-electron chi connectivity index (χ0n) is 11.2. The summed E-state index contributed by atoms with van der Waals surface area (Å²) in [4.78, 5) is 12.8. The first-order valence-electron chi connectivity index (χ1n) is 7.01. The molecule has 2 unspecified atom stereocenters. The average molecular weight is 290 g/mol. The lowest BCUT2D eigenvalue weighted by atomic mass is 10.0. The maximum atomic E-state index is 12.3. The number of rotatable bonds is 3. The maximum absolute atomic E-state index is 12.3. The van der Waals surface area contributed by atoms with Gasteiger partial charge in [-0.3, -0.25) is 4.79 Å². The van der Waals surface area contributed by atoms with E-state index in [1.807, 2.05) is 18.2 Å². The van der Waals surface area contributed by atoms with E-state index in [0.717, 1.165) is 37.0 Å². The van der Waals surface area contributed by atoms with Crippen molar-refractivity contribution in [3.63, 3.8) is 0 Å². The van der Waals surface area contributed by atoms with Crippen LogP contribution in [0.5, 0.6) is 5.75 Å². The molecule has 1 aliphatic carbocycles. The van der Waals surface area contributed by atoms with Gasteiger partial charge in [0.05, 0.1) is 11.6 Å². The Hall–Kier alpha value is -1.62. The number of benzene rings is 1. The van der Waals surface area contributed by atoms with Crippen molar-refractivity contribution in [1.29, 1.82) is 0 Å². The number of hydrogen-bond donors (Lipinski definition) is 2. The lowest BCUT2D eigenvalue weighted by Gasteiger charge is -2.20. The molecule has 5 heteroatoms. The molecule has 20 heavy (non-hydrogen) atoms. The summed E-state index contributed by atoms with van der Waals surface area (Å²) in [6.45, 7) is 0.701. The lowest BCUT2D eigenvalue weighted by molar-refractivity contribution is 0.0933. The van der Waals surface area contributed by atoms with Crippen molar-refractivity contribution in [3.05, 3.63) is 29.3 Å². The van der Waals surface area contributed by atoms with Gasteiger partial charge in [-0.05, 0) is 36.6 Å². The van der Waals surface area contributed by atoms with Gasteiger partial charge in [0.15, 0.2) is 0 Å². The molecule has 0 radical (unpaired) electrons. The fraction of sp³-hybridized carbons (Fsp3) is 0.467. The second kappa shape index (κ2) is 5.40. The standard InChI is InChI=1S/C15H18N2O2S/c16-14(20)11-2-1-3-12(11)17-15(18)10-4-5-13-9(8-10)6-7-19-13/h4-5,8,11-12H,1-3,6-7H2,(H2,16,20)(H,17,18). The van der Waals surface area contributed by atoms with Crippen LogP contribution in [0.25, 0.3) is 0 Å². The molecule has 0 saturated heterocycles. The number of amides is 1. The normalized spacial score (nSPS) is 24.0. The molecular weight excluding hydrogens is 272 g/mol. The van der Waals surface area contributed by atoms with Crippen molar-refractivity contribution in [1.82, 2.24) is 5.32 Å². The number of carbonyl (C=O) groups excluding carboxylic acids is 1. The van der Waals surface area contributed by atoms with Gasteiger partial charge in [-0.15, -0.1) is 0 Å². The minimum absolute atomic E-state index is 0.0483. The van der Waals surface area contributed by atoms with Gasteiger partial charge in [0, 0.05) is 23.9 Å². The Balaban J connectivity index is 1.71. The summed E-state index contributed by atoms with van der Waals surface area (Å²) in [5, 5.41) is 3.07. The molecule has 2 aliphatic rings. The third-order valence-corrected chi connectivity index (χ3v) is 4.45. The number of nitrogens with two attached hydrogens (primary N) is 1. The number of fused-ring (bicyclic) bond motifs is 1. The van der Waals surface area contributed by atoms with Gasteiger partial charge in [0.2, 0.25) is 0 Å². The molecule has 1 aromatic rings. The Morgan fingerprint density at radius 2 is 2.25 bits per heavy atom. The second-order valence-corrected chi connectivity index (χ2v) is 5.91. The van der Waals surface area contributed by atoms with Crippen LogP contribution in [0.4, 0.5) is 0 Å². The summed E-state index contributed by atoms with van der Waals surface area (Å²) in [6, 6.07) is 5.67. The van der Waals surface area contributed by atoms with E-state index in [2.05, 4.69) is 5.32 Å². The van der Waals surface area contributed by atoms with Crippen molar-refractivity contribution < 1.29 is 9.53 Å². The molecule has 1 heterocycles. The van der Waals surface area contributed by atoms with Crippen LogP contribution >= 0.6 is 12.2 Å². The Morgan fingerprint density at radius 3 is 3.05 bits per heavy atom. The Bertz CT molecular complexity index is 559. The summed E-state index contributed by atoms with van der Waals surface area (Å²) in [5.74, 6) is 0.975. The summed E-state index contributed by atoms with van der Waals surface area (Å²) in [5.41, 5.74) is 7.53. The first kappa shape index (κ1) is 13.4. The molecule has 0 spiro atoms. The highest BCUT2D eigenvalue weighted by molar-refractivity contribution is 7.80. The molecular formula is C15H18N2O2S. The van der Waals surface area contributed by atoms with Gasteiger partial charge >= 0.3 is 0 Å². The molecule has 3 N–H and O–H groups in total. The summed E-state index contributed by atoms with van der Waals surface area (Å²) in [7, 11) is 0. The highest BCUT2D eigenvalue weighted by Gasteiger charge is 2.30. The van der Waals surface area contributed by atoms with Gasteiger partial charge in [0.1, 0.15) is 5.75 Å². The van der Waals surface area contributed by atoms with E-state index < -0.39 is 0 Å². The second-order valence-electron chi connectivity index (χ2n) is 5.44. The van der Waals surface area contributed by atoms with E-state index in [4.69, 9.17) is 22.7 Å². The number of hydrogen-bond acceptors (Lipinski definition) is 3. The molecule has 0 aromatic heterocycles.